The molecule has 0 aromatic rings. The first-order valence-corrected chi connectivity index (χ1v) is 8.59. The summed E-state index contributed by atoms with van der Waals surface area (Å²) in [5.74, 6) is 1.56. The van der Waals surface area contributed by atoms with Gasteiger partial charge >= 0.3 is 0 Å². The zero-order valence-electron chi connectivity index (χ0n) is 13.7. The van der Waals surface area contributed by atoms with Crippen LogP contribution in [0, 0.1) is 22.7 Å². The predicted molar refractivity (Wildman–Crippen MR) is 81.6 cm³/mol. The average molecular weight is 280 g/mol. The van der Waals surface area contributed by atoms with E-state index in [1.54, 1.807) is 0 Å². The minimum atomic E-state index is -0.340. The molecule has 3 rings (SSSR count). The molecule has 3 fully saturated rings. The maximum atomic E-state index is 9.66. The van der Waals surface area contributed by atoms with E-state index in [2.05, 4.69) is 20.8 Å². The van der Waals surface area contributed by atoms with Gasteiger partial charge in [0.1, 0.15) is 0 Å². The molecule has 0 aromatic heterocycles. The lowest BCUT2D eigenvalue weighted by molar-refractivity contribution is -0.201. The minimum absolute atomic E-state index is 0.0701. The van der Waals surface area contributed by atoms with Crippen molar-refractivity contribution >= 4 is 0 Å². The largest absolute Gasteiger partial charge is 0.391 e. The van der Waals surface area contributed by atoms with Crippen molar-refractivity contribution in [2.75, 3.05) is 6.61 Å². The summed E-state index contributed by atoms with van der Waals surface area (Å²) in [6.07, 6.45) is 8.84. The van der Waals surface area contributed by atoms with Crippen LogP contribution >= 0.6 is 0 Å². The standard InChI is InChI=1S/C18H32O2/c1-13(19)11-20-18-8-5-7-17(4,12-18)9-6-14-15(18)10-16(14,2)3/h13-15,19H,5-12H2,1-4H3/t13-,14?,15?,17?,18?/m1/s1. The van der Waals surface area contributed by atoms with E-state index < -0.39 is 0 Å². The third kappa shape index (κ3) is 2.33. The van der Waals surface area contributed by atoms with Crippen molar-refractivity contribution in [3.8, 4) is 0 Å². The highest BCUT2D eigenvalue weighted by atomic mass is 16.5. The number of hydrogen-bond acceptors (Lipinski definition) is 2. The van der Waals surface area contributed by atoms with Crippen molar-refractivity contribution in [3.05, 3.63) is 0 Å². The lowest BCUT2D eigenvalue weighted by Gasteiger charge is -2.59. The quantitative estimate of drug-likeness (QED) is 0.841. The van der Waals surface area contributed by atoms with Gasteiger partial charge in [-0.3, -0.25) is 0 Å². The number of aliphatic hydroxyl groups is 1. The van der Waals surface area contributed by atoms with Gasteiger partial charge in [0.15, 0.2) is 0 Å². The summed E-state index contributed by atoms with van der Waals surface area (Å²) in [6.45, 7) is 9.71. The summed E-state index contributed by atoms with van der Waals surface area (Å²) < 4.78 is 6.43. The first-order valence-electron chi connectivity index (χ1n) is 8.59. The van der Waals surface area contributed by atoms with Crippen LogP contribution in [-0.2, 0) is 4.74 Å². The van der Waals surface area contributed by atoms with Crippen LogP contribution in [0.3, 0.4) is 0 Å². The van der Waals surface area contributed by atoms with Crippen molar-refractivity contribution in [2.24, 2.45) is 22.7 Å². The van der Waals surface area contributed by atoms with Crippen LogP contribution in [0.15, 0.2) is 0 Å². The second-order valence-corrected chi connectivity index (χ2v) is 9.01. The van der Waals surface area contributed by atoms with Crippen molar-refractivity contribution in [1.82, 2.24) is 0 Å². The summed E-state index contributed by atoms with van der Waals surface area (Å²) in [5.41, 5.74) is 1.05. The maximum Gasteiger partial charge on any atom is 0.0745 e. The third-order valence-electron chi connectivity index (χ3n) is 6.69. The van der Waals surface area contributed by atoms with Gasteiger partial charge in [-0.2, -0.15) is 0 Å². The fourth-order valence-corrected chi connectivity index (χ4v) is 5.65. The van der Waals surface area contributed by atoms with E-state index in [0.29, 0.717) is 17.4 Å². The summed E-state index contributed by atoms with van der Waals surface area (Å²) in [4.78, 5) is 0. The zero-order chi connectivity index (χ0) is 14.6. The molecule has 0 heterocycles. The van der Waals surface area contributed by atoms with Gasteiger partial charge in [0.05, 0.1) is 18.3 Å². The molecule has 0 amide bonds. The smallest absolute Gasteiger partial charge is 0.0745 e. The van der Waals surface area contributed by atoms with E-state index in [-0.39, 0.29) is 11.7 Å². The number of ether oxygens (including phenoxy) is 1. The molecule has 5 atom stereocenters. The Morgan fingerprint density at radius 1 is 1.15 bits per heavy atom. The molecule has 0 aliphatic heterocycles. The van der Waals surface area contributed by atoms with Crippen LogP contribution in [0.25, 0.3) is 0 Å². The lowest BCUT2D eigenvalue weighted by atomic mass is 9.49. The topological polar surface area (TPSA) is 29.5 Å². The van der Waals surface area contributed by atoms with E-state index in [9.17, 15) is 5.11 Å². The molecular weight excluding hydrogens is 248 g/mol. The molecule has 3 aliphatic rings. The van der Waals surface area contributed by atoms with E-state index >= 15 is 0 Å². The van der Waals surface area contributed by atoms with Crippen LogP contribution in [0.5, 0.6) is 0 Å². The highest BCUT2D eigenvalue weighted by molar-refractivity contribution is 5.11. The fourth-order valence-electron chi connectivity index (χ4n) is 5.65. The number of hydrogen-bond donors (Lipinski definition) is 1. The van der Waals surface area contributed by atoms with Crippen molar-refractivity contribution in [2.45, 2.75) is 84.3 Å². The van der Waals surface area contributed by atoms with Crippen molar-refractivity contribution in [1.29, 1.82) is 0 Å². The van der Waals surface area contributed by atoms with E-state index in [1.807, 2.05) is 6.92 Å². The van der Waals surface area contributed by atoms with E-state index in [4.69, 9.17) is 4.74 Å². The maximum absolute atomic E-state index is 9.66. The molecule has 2 heteroatoms. The molecule has 0 saturated heterocycles. The van der Waals surface area contributed by atoms with Crippen LogP contribution < -0.4 is 0 Å². The Balaban J connectivity index is 1.87. The van der Waals surface area contributed by atoms with Crippen LogP contribution in [0.1, 0.15) is 72.6 Å². The third-order valence-corrected chi connectivity index (χ3v) is 6.69. The van der Waals surface area contributed by atoms with Gasteiger partial charge in [-0.15, -0.1) is 0 Å². The van der Waals surface area contributed by atoms with Crippen LogP contribution in [0.4, 0.5) is 0 Å². The second kappa shape index (κ2) is 4.71. The van der Waals surface area contributed by atoms with E-state index in [1.165, 1.54) is 44.9 Å². The Morgan fingerprint density at radius 2 is 1.90 bits per heavy atom. The Kier molecular flexibility index (Phi) is 3.49. The first-order chi connectivity index (χ1) is 9.27. The normalized spacial score (nSPS) is 47.9. The van der Waals surface area contributed by atoms with Gasteiger partial charge in [0.25, 0.3) is 0 Å². The highest BCUT2D eigenvalue weighted by Crippen LogP contribution is 2.65. The van der Waals surface area contributed by atoms with Gasteiger partial charge in [-0.25, -0.2) is 0 Å². The molecule has 0 spiro atoms. The Bertz CT molecular complexity index is 376. The molecule has 116 valence electrons. The molecule has 3 aliphatic carbocycles. The van der Waals surface area contributed by atoms with Crippen LogP contribution in [0.2, 0.25) is 0 Å². The summed E-state index contributed by atoms with van der Waals surface area (Å²) in [7, 11) is 0. The molecule has 0 radical (unpaired) electrons. The van der Waals surface area contributed by atoms with Gasteiger partial charge in [-0.1, -0.05) is 27.2 Å². The number of aliphatic hydroxyl groups excluding tert-OH is 1. The molecular formula is C18H32O2. The SMILES string of the molecule is C[C@@H](O)COC12CCCC(C)(CCC3C1CC3(C)C)C2. The van der Waals surface area contributed by atoms with E-state index in [0.717, 1.165) is 11.8 Å². The van der Waals surface area contributed by atoms with Gasteiger partial charge in [-0.05, 0) is 68.1 Å². The second-order valence-electron chi connectivity index (χ2n) is 9.01. The summed E-state index contributed by atoms with van der Waals surface area (Å²) in [5, 5.41) is 9.66. The van der Waals surface area contributed by atoms with Gasteiger partial charge in [0, 0.05) is 0 Å². The highest BCUT2D eigenvalue weighted by Gasteiger charge is 2.61. The molecule has 2 bridgehead atoms. The molecule has 1 N–H and O–H groups in total. The number of fused-ring (bicyclic) bond motifs is 4. The summed E-state index contributed by atoms with van der Waals surface area (Å²) >= 11 is 0. The Labute approximate surface area is 124 Å². The Morgan fingerprint density at radius 3 is 2.55 bits per heavy atom. The molecule has 20 heavy (non-hydrogen) atoms. The molecule has 3 saturated carbocycles. The monoisotopic (exact) mass is 280 g/mol. The zero-order valence-corrected chi connectivity index (χ0v) is 13.7. The fraction of sp³-hybridized carbons (Fsp3) is 1.00. The molecule has 2 nitrogen and oxygen atoms in total. The minimum Gasteiger partial charge on any atom is -0.391 e. The van der Waals surface area contributed by atoms with Crippen LogP contribution in [-0.4, -0.2) is 23.4 Å². The number of rotatable bonds is 3. The van der Waals surface area contributed by atoms with Gasteiger partial charge in [0.2, 0.25) is 0 Å². The average Bonchev–Trinajstić information content (AvgIpc) is 2.40. The molecule has 4 unspecified atom stereocenters. The van der Waals surface area contributed by atoms with Gasteiger partial charge < -0.3 is 9.84 Å². The lowest BCUT2D eigenvalue weighted by Crippen LogP contribution is -2.57. The van der Waals surface area contributed by atoms with Crippen molar-refractivity contribution in [3.63, 3.8) is 0 Å². The Hall–Kier alpha value is -0.0800. The predicted octanol–water partition coefficient (Wildman–Crippen LogP) is 4.16. The molecule has 0 aromatic carbocycles. The van der Waals surface area contributed by atoms with Crippen molar-refractivity contribution < 1.29 is 9.84 Å². The summed E-state index contributed by atoms with van der Waals surface area (Å²) in [6, 6.07) is 0. The first kappa shape index (κ1) is 14.8.